The summed E-state index contributed by atoms with van der Waals surface area (Å²) in [5.41, 5.74) is 0. The molecule has 0 aliphatic heterocycles. The molecule has 0 aromatic heterocycles. The molecule has 0 saturated heterocycles. The van der Waals surface area contributed by atoms with E-state index in [1.807, 2.05) is 25.9 Å². The first-order chi connectivity index (χ1) is 7.54. The second-order valence-corrected chi connectivity index (χ2v) is 4.97. The number of hydrogen-bond donors (Lipinski definition) is 1. The maximum atomic E-state index is 12.0. The maximum Gasteiger partial charge on any atom is 0.317 e. The normalized spacial score (nSPS) is 18.1. The zero-order valence-electron chi connectivity index (χ0n) is 11.0. The van der Waals surface area contributed by atoms with E-state index in [0.29, 0.717) is 6.04 Å². The van der Waals surface area contributed by atoms with Crippen LogP contribution in [0.1, 0.15) is 33.1 Å². The lowest BCUT2D eigenvalue weighted by Crippen LogP contribution is -2.52. The molecular weight excluding hydrogens is 202 g/mol. The van der Waals surface area contributed by atoms with Gasteiger partial charge in [0.2, 0.25) is 0 Å². The molecule has 1 atom stereocenters. The molecule has 2 amide bonds. The summed E-state index contributed by atoms with van der Waals surface area (Å²) in [7, 11) is 4.07. The summed E-state index contributed by atoms with van der Waals surface area (Å²) in [6.45, 7) is 5.82. The van der Waals surface area contributed by atoms with Gasteiger partial charge in [-0.05, 0) is 47.2 Å². The van der Waals surface area contributed by atoms with E-state index in [1.54, 1.807) is 0 Å². The number of nitrogens with zero attached hydrogens (tertiary/aromatic N) is 2. The summed E-state index contributed by atoms with van der Waals surface area (Å²) in [6.07, 6.45) is 3.54. The smallest absolute Gasteiger partial charge is 0.317 e. The van der Waals surface area contributed by atoms with Crippen molar-refractivity contribution in [2.45, 2.75) is 45.2 Å². The van der Waals surface area contributed by atoms with Gasteiger partial charge in [0.25, 0.3) is 0 Å². The fourth-order valence-electron chi connectivity index (χ4n) is 2.09. The standard InChI is InChI=1S/C12H25N3O/c1-5-15(10(2)9-14(3)4)12(16)13-11-7-6-8-11/h10-11H,5-9H2,1-4H3,(H,13,16). The first kappa shape index (κ1) is 13.3. The van der Waals surface area contributed by atoms with Crippen molar-refractivity contribution >= 4 is 6.03 Å². The molecule has 1 fully saturated rings. The number of hydrogen-bond acceptors (Lipinski definition) is 2. The predicted molar refractivity (Wildman–Crippen MR) is 66.6 cm³/mol. The van der Waals surface area contributed by atoms with Crippen LogP contribution >= 0.6 is 0 Å². The number of rotatable bonds is 5. The summed E-state index contributed by atoms with van der Waals surface area (Å²) in [6, 6.07) is 0.787. The molecule has 0 aromatic carbocycles. The molecule has 1 saturated carbocycles. The van der Waals surface area contributed by atoms with Crippen LogP contribution in [0.4, 0.5) is 4.79 Å². The van der Waals surface area contributed by atoms with Gasteiger partial charge in [0.15, 0.2) is 0 Å². The monoisotopic (exact) mass is 227 g/mol. The zero-order valence-corrected chi connectivity index (χ0v) is 11.0. The van der Waals surface area contributed by atoms with Gasteiger partial charge in [-0.3, -0.25) is 0 Å². The zero-order chi connectivity index (χ0) is 12.1. The van der Waals surface area contributed by atoms with Crippen LogP contribution < -0.4 is 5.32 Å². The van der Waals surface area contributed by atoms with Crippen molar-refractivity contribution in [3.8, 4) is 0 Å². The van der Waals surface area contributed by atoms with Crippen LogP contribution in [0.15, 0.2) is 0 Å². The van der Waals surface area contributed by atoms with E-state index in [9.17, 15) is 4.79 Å². The Bertz CT molecular complexity index is 226. The Kier molecular flexibility index (Phi) is 5.06. The topological polar surface area (TPSA) is 35.6 Å². The number of amides is 2. The minimum atomic E-state index is 0.0987. The third-order valence-electron chi connectivity index (χ3n) is 3.20. The van der Waals surface area contributed by atoms with Crippen molar-refractivity contribution in [3.63, 3.8) is 0 Å². The molecule has 16 heavy (non-hydrogen) atoms. The van der Waals surface area contributed by atoms with Gasteiger partial charge in [-0.1, -0.05) is 0 Å². The van der Waals surface area contributed by atoms with Crippen LogP contribution in [0, 0.1) is 0 Å². The van der Waals surface area contributed by atoms with Gasteiger partial charge in [0.1, 0.15) is 0 Å². The van der Waals surface area contributed by atoms with Crippen LogP contribution in [0.5, 0.6) is 0 Å². The van der Waals surface area contributed by atoms with Gasteiger partial charge in [0, 0.05) is 25.2 Å². The molecule has 1 aliphatic rings. The summed E-state index contributed by atoms with van der Waals surface area (Å²) in [4.78, 5) is 16.0. The van der Waals surface area contributed by atoms with E-state index in [4.69, 9.17) is 0 Å². The highest BCUT2D eigenvalue weighted by Gasteiger charge is 2.24. The van der Waals surface area contributed by atoms with E-state index >= 15 is 0 Å². The Morgan fingerprint density at radius 2 is 2.06 bits per heavy atom. The van der Waals surface area contributed by atoms with E-state index in [2.05, 4.69) is 17.1 Å². The number of nitrogens with one attached hydrogen (secondary N) is 1. The highest BCUT2D eigenvalue weighted by Crippen LogP contribution is 2.18. The molecule has 0 spiro atoms. The first-order valence-electron chi connectivity index (χ1n) is 6.26. The lowest BCUT2D eigenvalue weighted by Gasteiger charge is -2.34. The number of carbonyl (C=O) groups is 1. The van der Waals surface area contributed by atoms with Crippen molar-refractivity contribution in [2.75, 3.05) is 27.2 Å². The molecule has 1 aliphatic carbocycles. The minimum absolute atomic E-state index is 0.0987. The molecule has 1 unspecified atom stereocenters. The van der Waals surface area contributed by atoms with Crippen LogP contribution in [0.2, 0.25) is 0 Å². The second kappa shape index (κ2) is 6.09. The highest BCUT2D eigenvalue weighted by molar-refractivity contribution is 5.75. The Balaban J connectivity index is 2.41. The molecular formula is C12H25N3O. The van der Waals surface area contributed by atoms with Crippen molar-refractivity contribution < 1.29 is 4.79 Å². The Morgan fingerprint density at radius 3 is 2.44 bits per heavy atom. The van der Waals surface area contributed by atoms with Crippen LogP contribution in [0.25, 0.3) is 0 Å². The van der Waals surface area contributed by atoms with E-state index in [0.717, 1.165) is 25.9 Å². The third-order valence-corrected chi connectivity index (χ3v) is 3.20. The summed E-state index contributed by atoms with van der Waals surface area (Å²) >= 11 is 0. The summed E-state index contributed by atoms with van der Waals surface area (Å²) < 4.78 is 0. The van der Waals surface area contributed by atoms with Crippen LogP contribution in [-0.2, 0) is 0 Å². The van der Waals surface area contributed by atoms with Crippen LogP contribution in [0.3, 0.4) is 0 Å². The van der Waals surface area contributed by atoms with Crippen molar-refractivity contribution in [2.24, 2.45) is 0 Å². The molecule has 0 radical (unpaired) electrons. The number of carbonyl (C=O) groups excluding carboxylic acids is 1. The minimum Gasteiger partial charge on any atom is -0.335 e. The Morgan fingerprint density at radius 1 is 1.44 bits per heavy atom. The predicted octanol–water partition coefficient (Wildman–Crippen LogP) is 1.52. The molecule has 94 valence electrons. The largest absolute Gasteiger partial charge is 0.335 e. The average molecular weight is 227 g/mol. The fraction of sp³-hybridized carbons (Fsp3) is 0.917. The van der Waals surface area contributed by atoms with Gasteiger partial charge >= 0.3 is 6.03 Å². The van der Waals surface area contributed by atoms with Crippen molar-refractivity contribution in [1.82, 2.24) is 15.1 Å². The Labute approximate surface area is 99.0 Å². The van der Waals surface area contributed by atoms with Gasteiger partial charge < -0.3 is 15.1 Å². The van der Waals surface area contributed by atoms with Crippen molar-refractivity contribution in [3.05, 3.63) is 0 Å². The fourth-order valence-corrected chi connectivity index (χ4v) is 2.09. The molecule has 1 rings (SSSR count). The lowest BCUT2D eigenvalue weighted by atomic mass is 9.93. The van der Waals surface area contributed by atoms with Gasteiger partial charge in [-0.2, -0.15) is 0 Å². The van der Waals surface area contributed by atoms with Gasteiger partial charge in [-0.25, -0.2) is 4.79 Å². The van der Waals surface area contributed by atoms with Crippen LogP contribution in [-0.4, -0.2) is 55.1 Å². The summed E-state index contributed by atoms with van der Waals surface area (Å²) in [5, 5.41) is 3.09. The van der Waals surface area contributed by atoms with Crippen molar-refractivity contribution in [1.29, 1.82) is 0 Å². The number of urea groups is 1. The van der Waals surface area contributed by atoms with E-state index < -0.39 is 0 Å². The highest BCUT2D eigenvalue weighted by atomic mass is 16.2. The first-order valence-corrected chi connectivity index (χ1v) is 6.26. The van der Waals surface area contributed by atoms with E-state index in [1.165, 1.54) is 6.42 Å². The molecule has 0 aromatic rings. The average Bonchev–Trinajstić information content (AvgIpc) is 2.11. The molecule has 1 N–H and O–H groups in total. The van der Waals surface area contributed by atoms with E-state index in [-0.39, 0.29) is 12.1 Å². The summed E-state index contributed by atoms with van der Waals surface area (Å²) in [5.74, 6) is 0. The SMILES string of the molecule is CCN(C(=O)NC1CCC1)C(C)CN(C)C. The lowest BCUT2D eigenvalue weighted by molar-refractivity contribution is 0.160. The van der Waals surface area contributed by atoms with Gasteiger partial charge in [0.05, 0.1) is 0 Å². The molecule has 4 nitrogen and oxygen atoms in total. The van der Waals surface area contributed by atoms with Gasteiger partial charge in [-0.15, -0.1) is 0 Å². The Hall–Kier alpha value is -0.770. The maximum absolute atomic E-state index is 12.0. The molecule has 0 bridgehead atoms. The second-order valence-electron chi connectivity index (χ2n) is 4.97. The quantitative estimate of drug-likeness (QED) is 0.773. The molecule has 0 heterocycles. The number of likely N-dealkylation sites (N-methyl/N-ethyl adjacent to an activating group) is 2. The molecule has 4 heteroatoms. The third kappa shape index (κ3) is 3.67.